The van der Waals surface area contributed by atoms with Gasteiger partial charge in [0, 0.05) is 0 Å². The molecule has 1 atom stereocenters. The fraction of sp³-hybridized carbons (Fsp3) is 0.933. The Kier molecular flexibility index (Phi) is 30.8. The quantitative estimate of drug-likeness (QED) is 0.0562. The molecule has 39 heavy (non-hydrogen) atoms. The normalized spacial score (nSPS) is 12.1. The molecule has 0 bridgehead atoms. The molecule has 0 rings (SSSR count). The van der Waals surface area contributed by atoms with Gasteiger partial charge in [0.25, 0.3) is 10.1 Å². The molecule has 1 N–H and O–H groups in total. The van der Waals surface area contributed by atoms with Crippen molar-refractivity contribution >= 4 is 22.1 Å². The number of hydrogen-bond donors (Lipinski definition) is 1. The molecule has 228 valence electrons. The van der Waals surface area contributed by atoms with Gasteiger partial charge in [-0.15, -0.1) is 0 Å². The Morgan fingerprint density at radius 1 is 0.590 bits per heavy atom. The van der Waals surface area contributed by atoms with Gasteiger partial charge in [0.05, 0.1) is 19.6 Å². The standard InChI is InChI=1S/C30H58O7S.Na.H/c1-3-5-7-9-11-13-15-17-19-21-23-25-36-29(31)27-28(38(33,34)35)30(32)37-26-24-22-20-18-16-14-12-10-8-6-4-2;;/h28H,3-27H2,1-2H3,(H,33,34,35);;/q;+1;-1. The van der Waals surface area contributed by atoms with Gasteiger partial charge < -0.3 is 10.9 Å². The summed E-state index contributed by atoms with van der Waals surface area (Å²) in [5.74, 6) is -1.91. The van der Waals surface area contributed by atoms with E-state index in [9.17, 15) is 22.6 Å². The molecule has 0 aliphatic heterocycles. The van der Waals surface area contributed by atoms with Crippen molar-refractivity contribution in [3.63, 3.8) is 0 Å². The van der Waals surface area contributed by atoms with Crippen LogP contribution in [0.5, 0.6) is 0 Å². The largest absolute Gasteiger partial charge is 1.00 e. The van der Waals surface area contributed by atoms with Gasteiger partial charge in [-0.05, 0) is 12.8 Å². The number of carbonyl (C=O) groups is 2. The second kappa shape index (κ2) is 29.3. The van der Waals surface area contributed by atoms with Crippen molar-refractivity contribution in [2.45, 2.75) is 167 Å². The Bertz CT molecular complexity index is 677. The van der Waals surface area contributed by atoms with E-state index < -0.39 is 33.7 Å². The van der Waals surface area contributed by atoms with Crippen LogP contribution >= 0.6 is 0 Å². The Balaban J connectivity index is -0.00000684. The first kappa shape index (κ1) is 41.0. The van der Waals surface area contributed by atoms with Gasteiger partial charge in [0.1, 0.15) is 0 Å². The monoisotopic (exact) mass is 586 g/mol. The van der Waals surface area contributed by atoms with E-state index in [1.165, 1.54) is 89.9 Å². The maximum atomic E-state index is 12.2. The first-order chi connectivity index (χ1) is 18.3. The molecule has 0 saturated carbocycles. The molecule has 0 saturated heterocycles. The molecule has 0 aliphatic carbocycles. The summed E-state index contributed by atoms with van der Waals surface area (Å²) in [6, 6.07) is 0. The van der Waals surface area contributed by atoms with E-state index in [0.29, 0.717) is 12.8 Å². The first-order valence-corrected chi connectivity index (χ1v) is 17.1. The van der Waals surface area contributed by atoms with Crippen LogP contribution in [0.25, 0.3) is 0 Å². The van der Waals surface area contributed by atoms with E-state index in [1.54, 1.807) is 0 Å². The number of rotatable bonds is 28. The minimum Gasteiger partial charge on any atom is -1.00 e. The second-order valence-corrected chi connectivity index (χ2v) is 12.3. The van der Waals surface area contributed by atoms with Crippen LogP contribution in [0.4, 0.5) is 0 Å². The first-order valence-electron chi connectivity index (χ1n) is 15.6. The summed E-state index contributed by atoms with van der Waals surface area (Å²) < 4.78 is 42.9. The van der Waals surface area contributed by atoms with Crippen LogP contribution in [0.3, 0.4) is 0 Å². The molecule has 0 spiro atoms. The molecule has 0 fully saturated rings. The van der Waals surface area contributed by atoms with Gasteiger partial charge in [-0.2, -0.15) is 8.42 Å². The van der Waals surface area contributed by atoms with Crippen molar-refractivity contribution < 1.29 is 63.0 Å². The predicted molar refractivity (Wildman–Crippen MR) is 156 cm³/mol. The van der Waals surface area contributed by atoms with Crippen molar-refractivity contribution in [3.05, 3.63) is 0 Å². The van der Waals surface area contributed by atoms with E-state index in [-0.39, 0.29) is 44.2 Å². The van der Waals surface area contributed by atoms with Crippen molar-refractivity contribution in [1.82, 2.24) is 0 Å². The van der Waals surface area contributed by atoms with Crippen molar-refractivity contribution in [3.8, 4) is 0 Å². The fourth-order valence-electron chi connectivity index (χ4n) is 4.50. The average molecular weight is 587 g/mol. The minimum atomic E-state index is -4.76. The summed E-state index contributed by atoms with van der Waals surface area (Å²) in [5, 5.41) is -1.93. The van der Waals surface area contributed by atoms with E-state index in [4.69, 9.17) is 9.47 Å². The second-order valence-electron chi connectivity index (χ2n) is 10.7. The van der Waals surface area contributed by atoms with Crippen molar-refractivity contribution in [1.29, 1.82) is 0 Å². The summed E-state index contributed by atoms with van der Waals surface area (Å²) in [5.41, 5.74) is 0. The minimum absolute atomic E-state index is 0. The molecule has 0 aromatic rings. The Morgan fingerprint density at radius 3 is 1.23 bits per heavy atom. The van der Waals surface area contributed by atoms with Crippen LogP contribution in [0.2, 0.25) is 0 Å². The molecule has 0 amide bonds. The summed E-state index contributed by atoms with van der Waals surface area (Å²) >= 11 is 0. The van der Waals surface area contributed by atoms with Gasteiger partial charge in [-0.25, -0.2) is 0 Å². The molecular weight excluding hydrogens is 527 g/mol. The van der Waals surface area contributed by atoms with Crippen LogP contribution in [-0.4, -0.2) is 43.4 Å². The summed E-state index contributed by atoms with van der Waals surface area (Å²) in [6.45, 7) is 4.70. The molecule has 7 nitrogen and oxygen atoms in total. The van der Waals surface area contributed by atoms with Crippen LogP contribution in [0.15, 0.2) is 0 Å². The molecule has 0 radical (unpaired) electrons. The number of hydrogen-bond acceptors (Lipinski definition) is 6. The molecule has 0 aromatic carbocycles. The topological polar surface area (TPSA) is 107 Å². The maximum Gasteiger partial charge on any atom is 1.00 e. The van der Waals surface area contributed by atoms with E-state index in [2.05, 4.69) is 13.8 Å². The summed E-state index contributed by atoms with van der Waals surface area (Å²) in [6.07, 6.45) is 24.8. The zero-order valence-corrected chi connectivity index (χ0v) is 28.4. The molecular formula is C30H59NaO7S. The zero-order valence-electron chi connectivity index (χ0n) is 26.6. The van der Waals surface area contributed by atoms with Gasteiger partial charge >= 0.3 is 41.5 Å². The summed E-state index contributed by atoms with van der Waals surface area (Å²) in [7, 11) is -4.76. The smallest absolute Gasteiger partial charge is 1.00 e. The third-order valence-corrected chi connectivity index (χ3v) is 8.06. The number of esters is 2. The number of ether oxygens (including phenoxy) is 2. The maximum absolute atomic E-state index is 12.2. The third kappa shape index (κ3) is 27.8. The zero-order chi connectivity index (χ0) is 28.3. The molecule has 0 aromatic heterocycles. The molecule has 9 heteroatoms. The summed E-state index contributed by atoms with van der Waals surface area (Å²) in [4.78, 5) is 24.3. The Labute approximate surface area is 263 Å². The Morgan fingerprint density at radius 2 is 0.897 bits per heavy atom. The van der Waals surface area contributed by atoms with Gasteiger partial charge in [0.2, 0.25) is 0 Å². The van der Waals surface area contributed by atoms with E-state index >= 15 is 0 Å². The van der Waals surface area contributed by atoms with Crippen LogP contribution in [0, 0.1) is 0 Å². The molecule has 0 heterocycles. The average Bonchev–Trinajstić information content (AvgIpc) is 2.87. The fourth-order valence-corrected chi connectivity index (χ4v) is 5.16. The van der Waals surface area contributed by atoms with Gasteiger partial charge in [0.15, 0.2) is 5.25 Å². The van der Waals surface area contributed by atoms with Gasteiger partial charge in [-0.1, -0.05) is 142 Å². The van der Waals surface area contributed by atoms with E-state index in [0.717, 1.165) is 38.5 Å². The van der Waals surface area contributed by atoms with Crippen molar-refractivity contribution in [2.75, 3.05) is 13.2 Å². The third-order valence-electron chi connectivity index (χ3n) is 6.98. The van der Waals surface area contributed by atoms with Gasteiger partial charge in [-0.3, -0.25) is 14.1 Å². The van der Waals surface area contributed by atoms with Crippen LogP contribution in [0.1, 0.15) is 163 Å². The number of unbranched alkanes of at least 4 members (excludes halogenated alkanes) is 20. The van der Waals surface area contributed by atoms with Crippen molar-refractivity contribution in [2.24, 2.45) is 0 Å². The SMILES string of the molecule is CCCCCCCCCCCCCOC(=O)CC(C(=O)OCCCCCCCCCCCCC)S(=O)(=O)O.[H-].[Na+]. The van der Waals surface area contributed by atoms with E-state index in [1.807, 2.05) is 0 Å². The predicted octanol–water partition coefficient (Wildman–Crippen LogP) is 5.46. The Hall–Kier alpha value is -0.150. The molecule has 0 aliphatic rings. The number of carbonyl (C=O) groups excluding carboxylic acids is 2. The van der Waals surface area contributed by atoms with Crippen LogP contribution < -0.4 is 29.6 Å². The molecule has 1 unspecified atom stereocenters. The van der Waals surface area contributed by atoms with Crippen LogP contribution in [-0.2, 0) is 29.2 Å².